The molecule has 0 unspecified atom stereocenters. The number of urea groups is 1. The van der Waals surface area contributed by atoms with Gasteiger partial charge in [-0.15, -0.1) is 0 Å². The normalized spacial score (nSPS) is 10.0. The van der Waals surface area contributed by atoms with Crippen LogP contribution in [0, 0.1) is 6.92 Å². The third kappa shape index (κ3) is 5.14. The summed E-state index contributed by atoms with van der Waals surface area (Å²) >= 11 is 0. The zero-order valence-corrected chi connectivity index (χ0v) is 13.3. The van der Waals surface area contributed by atoms with Crippen molar-refractivity contribution in [1.29, 1.82) is 0 Å². The standard InChI is InChI=1S/C18H20N2O3/c1-3-23-17(21)15-7-9-16(10-8-15)20-18(22)19-12-14-6-4-5-13(2)11-14/h4-11H,3,12H2,1-2H3,(H2,19,20,22). The Hall–Kier alpha value is -2.82. The van der Waals surface area contributed by atoms with Crippen LogP contribution in [0.4, 0.5) is 10.5 Å². The van der Waals surface area contributed by atoms with Gasteiger partial charge in [0.2, 0.25) is 0 Å². The third-order valence-corrected chi connectivity index (χ3v) is 3.19. The van der Waals surface area contributed by atoms with E-state index in [4.69, 9.17) is 4.74 Å². The monoisotopic (exact) mass is 312 g/mol. The molecule has 0 aliphatic rings. The molecular formula is C18H20N2O3. The molecule has 2 aromatic carbocycles. The van der Waals surface area contributed by atoms with Gasteiger partial charge in [-0.25, -0.2) is 9.59 Å². The van der Waals surface area contributed by atoms with Crippen molar-refractivity contribution in [2.75, 3.05) is 11.9 Å². The second kappa shape index (κ2) is 7.98. The summed E-state index contributed by atoms with van der Waals surface area (Å²) in [5.41, 5.74) is 3.26. The fourth-order valence-electron chi connectivity index (χ4n) is 2.08. The number of hydrogen-bond donors (Lipinski definition) is 2. The molecular weight excluding hydrogens is 292 g/mol. The molecule has 5 heteroatoms. The maximum atomic E-state index is 11.9. The smallest absolute Gasteiger partial charge is 0.338 e. The number of hydrogen-bond acceptors (Lipinski definition) is 3. The topological polar surface area (TPSA) is 67.4 Å². The minimum Gasteiger partial charge on any atom is -0.462 e. The van der Waals surface area contributed by atoms with E-state index in [0.29, 0.717) is 24.4 Å². The maximum Gasteiger partial charge on any atom is 0.338 e. The van der Waals surface area contributed by atoms with E-state index in [1.54, 1.807) is 31.2 Å². The number of rotatable bonds is 5. The van der Waals surface area contributed by atoms with Crippen LogP contribution in [-0.4, -0.2) is 18.6 Å². The van der Waals surface area contributed by atoms with Crippen LogP contribution in [0.25, 0.3) is 0 Å². The summed E-state index contributed by atoms with van der Waals surface area (Å²) in [6.45, 7) is 4.55. The molecule has 0 fully saturated rings. The molecule has 0 bridgehead atoms. The first kappa shape index (κ1) is 16.5. The van der Waals surface area contributed by atoms with E-state index in [2.05, 4.69) is 10.6 Å². The molecule has 0 atom stereocenters. The molecule has 2 amide bonds. The third-order valence-electron chi connectivity index (χ3n) is 3.19. The first-order chi connectivity index (χ1) is 11.1. The number of anilines is 1. The van der Waals surface area contributed by atoms with Crippen LogP contribution in [0.2, 0.25) is 0 Å². The highest BCUT2D eigenvalue weighted by Gasteiger charge is 2.07. The van der Waals surface area contributed by atoms with Crippen LogP contribution in [0.5, 0.6) is 0 Å². The predicted molar refractivity (Wildman–Crippen MR) is 89.4 cm³/mol. The van der Waals surface area contributed by atoms with Crippen LogP contribution in [0.15, 0.2) is 48.5 Å². The SMILES string of the molecule is CCOC(=O)c1ccc(NC(=O)NCc2cccc(C)c2)cc1. The second-order valence-electron chi connectivity index (χ2n) is 5.09. The number of ether oxygens (including phenoxy) is 1. The summed E-state index contributed by atoms with van der Waals surface area (Å²) in [4.78, 5) is 23.4. The first-order valence-electron chi connectivity index (χ1n) is 7.46. The van der Waals surface area contributed by atoms with Crippen LogP contribution in [0.3, 0.4) is 0 Å². The summed E-state index contributed by atoms with van der Waals surface area (Å²) in [5.74, 6) is -0.372. The van der Waals surface area contributed by atoms with Gasteiger partial charge in [-0.3, -0.25) is 0 Å². The molecule has 2 aromatic rings. The molecule has 0 aromatic heterocycles. The Labute approximate surface area is 135 Å². The van der Waals surface area contributed by atoms with E-state index < -0.39 is 0 Å². The van der Waals surface area contributed by atoms with E-state index >= 15 is 0 Å². The lowest BCUT2D eigenvalue weighted by molar-refractivity contribution is 0.0526. The largest absolute Gasteiger partial charge is 0.462 e. The van der Waals surface area contributed by atoms with Crippen molar-refractivity contribution in [2.45, 2.75) is 20.4 Å². The molecule has 0 aliphatic heterocycles. The van der Waals surface area contributed by atoms with Crippen LogP contribution in [0.1, 0.15) is 28.4 Å². The number of amides is 2. The van der Waals surface area contributed by atoms with Crippen LogP contribution in [-0.2, 0) is 11.3 Å². The van der Waals surface area contributed by atoms with Crippen molar-refractivity contribution in [3.8, 4) is 0 Å². The summed E-state index contributed by atoms with van der Waals surface area (Å²) in [6, 6.07) is 14.2. The lowest BCUT2D eigenvalue weighted by atomic mass is 10.1. The van der Waals surface area contributed by atoms with Crippen molar-refractivity contribution >= 4 is 17.7 Å². The summed E-state index contributed by atoms with van der Waals surface area (Å²) in [6.07, 6.45) is 0. The molecule has 5 nitrogen and oxygen atoms in total. The van der Waals surface area contributed by atoms with Crippen molar-refractivity contribution in [3.05, 3.63) is 65.2 Å². The average molecular weight is 312 g/mol. The number of carbonyl (C=O) groups excluding carboxylic acids is 2. The molecule has 0 heterocycles. The average Bonchev–Trinajstić information content (AvgIpc) is 2.54. The Balaban J connectivity index is 1.86. The zero-order valence-electron chi connectivity index (χ0n) is 13.3. The molecule has 0 radical (unpaired) electrons. The van der Waals surface area contributed by atoms with Crippen molar-refractivity contribution in [2.24, 2.45) is 0 Å². The highest BCUT2D eigenvalue weighted by molar-refractivity contribution is 5.92. The highest BCUT2D eigenvalue weighted by Crippen LogP contribution is 2.10. The van der Waals surface area contributed by atoms with Gasteiger partial charge in [0.15, 0.2) is 0 Å². The minimum absolute atomic E-state index is 0.296. The van der Waals surface area contributed by atoms with E-state index in [9.17, 15) is 9.59 Å². The van der Waals surface area contributed by atoms with Crippen molar-refractivity contribution < 1.29 is 14.3 Å². The van der Waals surface area contributed by atoms with Gasteiger partial charge in [0.1, 0.15) is 0 Å². The molecule has 0 saturated carbocycles. The zero-order chi connectivity index (χ0) is 16.7. The molecule has 23 heavy (non-hydrogen) atoms. The highest BCUT2D eigenvalue weighted by atomic mass is 16.5. The Kier molecular flexibility index (Phi) is 5.74. The van der Waals surface area contributed by atoms with Gasteiger partial charge in [0.25, 0.3) is 0 Å². The minimum atomic E-state index is -0.372. The Morgan fingerprint density at radius 1 is 1.09 bits per heavy atom. The van der Waals surface area contributed by atoms with Gasteiger partial charge < -0.3 is 15.4 Å². The number of esters is 1. The predicted octanol–water partition coefficient (Wildman–Crippen LogP) is 3.49. The number of carbonyl (C=O) groups is 2. The van der Waals surface area contributed by atoms with E-state index in [1.165, 1.54) is 0 Å². The van der Waals surface area contributed by atoms with Crippen molar-refractivity contribution in [3.63, 3.8) is 0 Å². The van der Waals surface area contributed by atoms with Gasteiger partial charge in [-0.05, 0) is 43.7 Å². The van der Waals surface area contributed by atoms with Crippen molar-refractivity contribution in [1.82, 2.24) is 5.32 Å². The lowest BCUT2D eigenvalue weighted by Gasteiger charge is -2.09. The van der Waals surface area contributed by atoms with Gasteiger partial charge in [-0.2, -0.15) is 0 Å². The quantitative estimate of drug-likeness (QED) is 0.830. The molecule has 0 aliphatic carbocycles. The molecule has 2 rings (SSSR count). The van der Waals surface area contributed by atoms with E-state index in [1.807, 2.05) is 31.2 Å². The second-order valence-corrected chi connectivity index (χ2v) is 5.09. The molecule has 2 N–H and O–H groups in total. The Morgan fingerprint density at radius 3 is 2.48 bits per heavy atom. The van der Waals surface area contributed by atoms with Gasteiger partial charge >= 0.3 is 12.0 Å². The van der Waals surface area contributed by atoms with Gasteiger partial charge in [-0.1, -0.05) is 29.8 Å². The van der Waals surface area contributed by atoms with Crippen LogP contribution >= 0.6 is 0 Å². The molecule has 120 valence electrons. The van der Waals surface area contributed by atoms with Gasteiger partial charge in [0.05, 0.1) is 12.2 Å². The number of benzene rings is 2. The van der Waals surface area contributed by atoms with E-state index in [-0.39, 0.29) is 12.0 Å². The Morgan fingerprint density at radius 2 is 1.83 bits per heavy atom. The van der Waals surface area contributed by atoms with Crippen LogP contribution < -0.4 is 10.6 Å². The summed E-state index contributed by atoms with van der Waals surface area (Å²) < 4.78 is 4.91. The molecule has 0 spiro atoms. The summed E-state index contributed by atoms with van der Waals surface area (Å²) in [7, 11) is 0. The lowest BCUT2D eigenvalue weighted by Crippen LogP contribution is -2.28. The van der Waals surface area contributed by atoms with Gasteiger partial charge in [0, 0.05) is 12.2 Å². The summed E-state index contributed by atoms with van der Waals surface area (Å²) in [5, 5.41) is 5.51. The number of aryl methyl sites for hydroxylation is 1. The van der Waals surface area contributed by atoms with E-state index in [0.717, 1.165) is 11.1 Å². The number of nitrogens with one attached hydrogen (secondary N) is 2. The first-order valence-corrected chi connectivity index (χ1v) is 7.46. The Bertz CT molecular complexity index is 681. The maximum absolute atomic E-state index is 11.9. The molecule has 0 saturated heterocycles. The fraction of sp³-hybridized carbons (Fsp3) is 0.222. The fourth-order valence-corrected chi connectivity index (χ4v) is 2.08.